The summed E-state index contributed by atoms with van der Waals surface area (Å²) in [6.45, 7) is 2.97. The van der Waals surface area contributed by atoms with Gasteiger partial charge < -0.3 is 39.1 Å². The minimum absolute atomic E-state index is 0.0368. The largest absolute Gasteiger partial charge is 0.493 e. The van der Waals surface area contributed by atoms with E-state index in [-0.39, 0.29) is 36.2 Å². The summed E-state index contributed by atoms with van der Waals surface area (Å²) in [4.78, 5) is 74.7. The zero-order chi connectivity index (χ0) is 41.2. The molecule has 14 nitrogen and oxygen atoms in total. The zero-order valence-electron chi connectivity index (χ0n) is 31.7. The van der Waals surface area contributed by atoms with Crippen LogP contribution in [0.5, 0.6) is 23.0 Å². The minimum atomic E-state index is -1.03. The highest BCUT2D eigenvalue weighted by molar-refractivity contribution is 6.11. The Kier molecular flexibility index (Phi) is 16.1. The van der Waals surface area contributed by atoms with Crippen LogP contribution in [0.3, 0.4) is 0 Å². The Hall–Kier alpha value is -7.22. The van der Waals surface area contributed by atoms with Gasteiger partial charge in [-0.25, -0.2) is 19.2 Å². The van der Waals surface area contributed by atoms with Crippen LogP contribution < -0.4 is 29.6 Å². The monoisotopic (exact) mass is 778 g/mol. The number of alkyl carbamates (subject to hydrolysis) is 2. The highest BCUT2D eigenvalue weighted by Gasteiger charge is 2.22. The average molecular weight is 779 g/mol. The van der Waals surface area contributed by atoms with Crippen molar-refractivity contribution >= 4 is 47.8 Å². The molecule has 57 heavy (non-hydrogen) atoms. The molecule has 0 heterocycles. The maximum atomic E-state index is 12.6. The van der Waals surface area contributed by atoms with Gasteiger partial charge in [-0.3, -0.25) is 9.59 Å². The number of ether oxygens (including phenoxy) is 6. The third kappa shape index (κ3) is 14.2. The highest BCUT2D eigenvalue weighted by atomic mass is 16.6. The Bertz CT molecular complexity index is 1950. The molecular weight excluding hydrogens is 736 g/mol. The van der Waals surface area contributed by atoms with Crippen LogP contribution in [0.1, 0.15) is 42.5 Å². The topological polar surface area (TPSA) is 182 Å². The molecule has 4 rings (SSSR count). The number of methoxy groups -OCH3 is 2. The van der Waals surface area contributed by atoms with Crippen molar-refractivity contribution in [3.8, 4) is 23.0 Å². The number of rotatable bonds is 18. The predicted molar refractivity (Wildman–Crippen MR) is 208 cm³/mol. The summed E-state index contributed by atoms with van der Waals surface area (Å²) in [5.41, 5.74) is 2.63. The molecular formula is C43H42N2O12. The van der Waals surface area contributed by atoms with Gasteiger partial charge in [-0.2, -0.15) is 0 Å². The van der Waals surface area contributed by atoms with Crippen molar-refractivity contribution < 1.29 is 57.2 Å². The van der Waals surface area contributed by atoms with E-state index in [4.69, 9.17) is 28.4 Å². The molecule has 296 valence electrons. The number of hydrogen-bond acceptors (Lipinski definition) is 12. The van der Waals surface area contributed by atoms with Crippen LogP contribution in [0.4, 0.5) is 9.59 Å². The van der Waals surface area contributed by atoms with Crippen molar-refractivity contribution in [3.05, 3.63) is 131 Å². The van der Waals surface area contributed by atoms with E-state index in [1.165, 1.54) is 76.6 Å². The van der Waals surface area contributed by atoms with E-state index in [1.54, 1.807) is 36.4 Å². The van der Waals surface area contributed by atoms with Gasteiger partial charge in [0, 0.05) is 0 Å². The first-order valence-electron chi connectivity index (χ1n) is 17.6. The van der Waals surface area contributed by atoms with Crippen LogP contribution in [0, 0.1) is 0 Å². The molecule has 0 aliphatic carbocycles. The van der Waals surface area contributed by atoms with Crippen molar-refractivity contribution in [2.45, 2.75) is 45.6 Å². The number of benzene rings is 4. The lowest BCUT2D eigenvalue weighted by Crippen LogP contribution is -2.41. The van der Waals surface area contributed by atoms with E-state index in [0.717, 1.165) is 11.1 Å². The molecule has 4 aromatic rings. The van der Waals surface area contributed by atoms with Gasteiger partial charge in [0.2, 0.25) is 0 Å². The minimum Gasteiger partial charge on any atom is -0.493 e. The van der Waals surface area contributed by atoms with Gasteiger partial charge in [0.15, 0.2) is 34.6 Å². The second kappa shape index (κ2) is 21.6. The second-order valence-electron chi connectivity index (χ2n) is 12.3. The first-order chi connectivity index (χ1) is 27.4. The van der Waals surface area contributed by atoms with Gasteiger partial charge in [-0.15, -0.1) is 0 Å². The number of amides is 2. The number of allylic oxidation sites excluding steroid dienone is 2. The molecule has 4 aromatic carbocycles. The summed E-state index contributed by atoms with van der Waals surface area (Å²) in [5.74, 6) is -1.89. The normalized spacial score (nSPS) is 11.9. The van der Waals surface area contributed by atoms with E-state index in [1.807, 2.05) is 36.4 Å². The Balaban J connectivity index is 1.23. The molecule has 2 N–H and O–H groups in total. The van der Waals surface area contributed by atoms with Crippen LogP contribution >= 0.6 is 0 Å². The smallest absolute Gasteiger partial charge is 0.408 e. The quantitative estimate of drug-likeness (QED) is 0.0492. The molecule has 0 saturated heterocycles. The van der Waals surface area contributed by atoms with Crippen molar-refractivity contribution in [1.82, 2.24) is 10.6 Å². The van der Waals surface area contributed by atoms with Crippen LogP contribution in [0.2, 0.25) is 0 Å². The predicted octanol–water partition coefficient (Wildman–Crippen LogP) is 6.40. The Morgan fingerprint density at radius 2 is 0.930 bits per heavy atom. The molecule has 0 aliphatic rings. The van der Waals surface area contributed by atoms with Gasteiger partial charge in [-0.1, -0.05) is 84.9 Å². The van der Waals surface area contributed by atoms with Gasteiger partial charge in [0.05, 0.1) is 20.6 Å². The molecule has 0 aromatic heterocycles. The number of nitrogens with one attached hydrogen (secondary N) is 2. The summed E-state index contributed by atoms with van der Waals surface area (Å²) in [5, 5.41) is 4.84. The lowest BCUT2D eigenvalue weighted by atomic mass is 10.1. The molecule has 0 saturated carbocycles. The molecule has 2 amide bonds. The summed E-state index contributed by atoms with van der Waals surface area (Å²) >= 11 is 0. The van der Waals surface area contributed by atoms with Crippen molar-refractivity contribution in [1.29, 1.82) is 0 Å². The van der Waals surface area contributed by atoms with E-state index in [2.05, 4.69) is 10.6 Å². The van der Waals surface area contributed by atoms with Crippen LogP contribution in [-0.2, 0) is 41.9 Å². The SMILES string of the molecule is COc1cc(/C=C/C(=O)CC(=O)/C=C/c2ccc(OC(=O)C(C)NC(=O)OCc3ccccc3)c(OC)c2)ccc1OC(=O)C(C)NC(=O)OCc1ccccc1. The van der Waals surface area contributed by atoms with Crippen molar-refractivity contribution in [2.24, 2.45) is 0 Å². The fourth-order valence-electron chi connectivity index (χ4n) is 4.81. The summed E-state index contributed by atoms with van der Waals surface area (Å²) in [6.07, 6.45) is 3.46. The van der Waals surface area contributed by atoms with E-state index < -0.39 is 54.2 Å². The van der Waals surface area contributed by atoms with Crippen LogP contribution in [0.25, 0.3) is 12.2 Å². The maximum absolute atomic E-state index is 12.6. The summed E-state index contributed by atoms with van der Waals surface area (Å²) < 4.78 is 31.8. The molecule has 0 bridgehead atoms. The zero-order valence-corrected chi connectivity index (χ0v) is 31.7. The van der Waals surface area contributed by atoms with E-state index in [0.29, 0.717) is 11.1 Å². The lowest BCUT2D eigenvalue weighted by molar-refractivity contribution is -0.137. The standard InChI is InChI=1S/C43H42N2O12/c1-28(44-42(50)54-26-32-11-7-5-8-12-32)40(48)56-36-21-17-30(23-38(36)52-3)15-19-34(46)25-35(47)20-16-31-18-22-37(39(24-31)53-4)57-41(49)29(2)45-43(51)55-27-33-13-9-6-10-14-33/h5-24,28-29H,25-27H2,1-4H3,(H,44,50)(H,45,51)/b19-15+,20-16+. The first-order valence-corrected chi connectivity index (χ1v) is 17.6. The Morgan fingerprint density at radius 1 is 0.544 bits per heavy atom. The molecule has 2 unspecified atom stereocenters. The van der Waals surface area contributed by atoms with Crippen LogP contribution in [0.15, 0.2) is 109 Å². The van der Waals surface area contributed by atoms with E-state index in [9.17, 15) is 28.8 Å². The molecule has 0 radical (unpaired) electrons. The van der Waals surface area contributed by atoms with Crippen LogP contribution in [-0.4, -0.2) is 62.0 Å². The van der Waals surface area contributed by atoms with Gasteiger partial charge in [-0.05, 0) is 72.5 Å². The first kappa shape index (κ1) is 42.5. The second-order valence-corrected chi connectivity index (χ2v) is 12.3. The third-order valence-electron chi connectivity index (χ3n) is 7.87. The molecule has 2 atom stereocenters. The Morgan fingerprint density at radius 3 is 1.30 bits per heavy atom. The Labute approximate surface area is 329 Å². The molecule has 0 fully saturated rings. The molecule has 14 heteroatoms. The fourth-order valence-corrected chi connectivity index (χ4v) is 4.81. The van der Waals surface area contributed by atoms with Crippen molar-refractivity contribution in [3.63, 3.8) is 0 Å². The number of esters is 2. The average Bonchev–Trinajstić information content (AvgIpc) is 3.21. The number of hydrogen-bond donors (Lipinski definition) is 2. The summed E-state index contributed by atoms with van der Waals surface area (Å²) in [6, 6.07) is 25.2. The van der Waals surface area contributed by atoms with Gasteiger partial charge >= 0.3 is 24.1 Å². The molecule has 0 spiro atoms. The number of ketones is 2. The van der Waals surface area contributed by atoms with E-state index >= 15 is 0 Å². The lowest BCUT2D eigenvalue weighted by Gasteiger charge is -2.15. The van der Waals surface area contributed by atoms with Gasteiger partial charge in [0.25, 0.3) is 0 Å². The molecule has 0 aliphatic heterocycles. The van der Waals surface area contributed by atoms with Crippen molar-refractivity contribution in [2.75, 3.05) is 14.2 Å². The fraction of sp³-hybridized carbons (Fsp3) is 0.209. The third-order valence-corrected chi connectivity index (χ3v) is 7.87. The number of carbonyl (C=O) groups excluding carboxylic acids is 6. The summed E-state index contributed by atoms with van der Waals surface area (Å²) in [7, 11) is 2.75. The number of carbonyl (C=O) groups is 6. The highest BCUT2D eigenvalue weighted by Crippen LogP contribution is 2.30. The van der Waals surface area contributed by atoms with Gasteiger partial charge in [0.1, 0.15) is 25.3 Å². The maximum Gasteiger partial charge on any atom is 0.408 e.